The van der Waals surface area contributed by atoms with Crippen LogP contribution in [0.5, 0.6) is 11.5 Å². The van der Waals surface area contributed by atoms with Crippen molar-refractivity contribution >= 4 is 28.5 Å². The number of anilines is 1. The molecule has 0 aliphatic carbocycles. The maximum atomic E-state index is 12.3. The van der Waals surface area contributed by atoms with Crippen molar-refractivity contribution in [2.24, 2.45) is 0 Å². The number of carbonyl (C=O) groups is 2. The van der Waals surface area contributed by atoms with Gasteiger partial charge >= 0.3 is 11.6 Å². The molecule has 1 N–H and O–H groups in total. The van der Waals surface area contributed by atoms with Crippen LogP contribution in [0.3, 0.4) is 0 Å². The van der Waals surface area contributed by atoms with Crippen molar-refractivity contribution in [3.05, 3.63) is 64.5 Å². The molecule has 0 spiro atoms. The highest BCUT2D eigenvalue weighted by atomic mass is 16.5. The molecule has 8 nitrogen and oxygen atoms in total. The maximum Gasteiger partial charge on any atom is 0.336 e. The van der Waals surface area contributed by atoms with Crippen molar-refractivity contribution in [2.75, 3.05) is 12.4 Å². The number of fused-ring (bicyclic) bond motifs is 2. The summed E-state index contributed by atoms with van der Waals surface area (Å²) in [5, 5.41) is 3.32. The maximum absolute atomic E-state index is 12.3. The monoisotopic (exact) mass is 395 g/mol. The van der Waals surface area contributed by atoms with Crippen LogP contribution >= 0.6 is 0 Å². The lowest BCUT2D eigenvalue weighted by molar-refractivity contribution is -0.149. The first-order chi connectivity index (χ1) is 14.0. The van der Waals surface area contributed by atoms with Crippen molar-refractivity contribution in [3.8, 4) is 11.5 Å². The number of para-hydroxylation sites is 2. The smallest absolute Gasteiger partial charge is 0.336 e. The molecule has 0 bridgehead atoms. The number of benzene rings is 2. The Labute approximate surface area is 165 Å². The Morgan fingerprint density at radius 2 is 1.97 bits per heavy atom. The average Bonchev–Trinajstić information content (AvgIpc) is 2.72. The Morgan fingerprint density at radius 3 is 2.79 bits per heavy atom. The number of hydrogen-bond donors (Lipinski definition) is 1. The Bertz CT molecular complexity index is 1150. The third-order valence-corrected chi connectivity index (χ3v) is 4.48. The minimum Gasteiger partial charge on any atom is -0.497 e. The number of carbonyl (C=O) groups excluding carboxylic acids is 2. The van der Waals surface area contributed by atoms with Gasteiger partial charge in [0.05, 0.1) is 19.2 Å². The molecule has 0 radical (unpaired) electrons. The fourth-order valence-corrected chi connectivity index (χ4v) is 3.05. The van der Waals surface area contributed by atoms with Gasteiger partial charge in [-0.05, 0) is 24.3 Å². The van der Waals surface area contributed by atoms with Crippen LogP contribution in [-0.4, -0.2) is 25.1 Å². The lowest BCUT2D eigenvalue weighted by atomic mass is 10.1. The van der Waals surface area contributed by atoms with Crippen LogP contribution in [0.1, 0.15) is 12.0 Å². The first kappa shape index (κ1) is 18.5. The molecule has 0 saturated heterocycles. The van der Waals surface area contributed by atoms with Crippen molar-refractivity contribution in [3.63, 3.8) is 0 Å². The fraction of sp³-hybridized carbons (Fsp3) is 0.190. The van der Waals surface area contributed by atoms with E-state index in [1.807, 2.05) is 0 Å². The van der Waals surface area contributed by atoms with Crippen LogP contribution in [0.2, 0.25) is 0 Å². The van der Waals surface area contributed by atoms with Crippen LogP contribution in [0.25, 0.3) is 11.0 Å². The molecule has 3 aromatic rings. The molecule has 8 heteroatoms. The summed E-state index contributed by atoms with van der Waals surface area (Å²) < 4.78 is 21.2. The molecule has 0 saturated carbocycles. The van der Waals surface area contributed by atoms with Gasteiger partial charge in [-0.3, -0.25) is 9.59 Å². The van der Waals surface area contributed by atoms with Gasteiger partial charge in [-0.1, -0.05) is 12.1 Å². The van der Waals surface area contributed by atoms with Gasteiger partial charge in [-0.2, -0.15) is 0 Å². The van der Waals surface area contributed by atoms with E-state index >= 15 is 0 Å². The number of methoxy groups -OCH3 is 1. The molecule has 148 valence electrons. The number of nitrogens with one attached hydrogen (secondary N) is 1. The van der Waals surface area contributed by atoms with Crippen LogP contribution in [-0.2, 0) is 20.9 Å². The SMILES string of the molecule is COc1ccc2c(COC(=O)C[C@H]3Oc4ccccc4NC3=O)cc(=O)oc2c1. The highest BCUT2D eigenvalue weighted by Crippen LogP contribution is 2.30. The Morgan fingerprint density at radius 1 is 1.14 bits per heavy atom. The van der Waals surface area contributed by atoms with Crippen LogP contribution in [0.4, 0.5) is 5.69 Å². The van der Waals surface area contributed by atoms with Gasteiger partial charge in [0, 0.05) is 23.1 Å². The number of esters is 1. The molecule has 1 aliphatic heterocycles. The molecule has 2 aromatic carbocycles. The molecule has 0 unspecified atom stereocenters. The third kappa shape index (κ3) is 3.91. The van der Waals surface area contributed by atoms with E-state index in [0.29, 0.717) is 33.7 Å². The van der Waals surface area contributed by atoms with Gasteiger partial charge in [0.25, 0.3) is 5.91 Å². The number of amides is 1. The summed E-state index contributed by atoms with van der Waals surface area (Å²) in [5.41, 5.74) is 0.810. The summed E-state index contributed by atoms with van der Waals surface area (Å²) in [7, 11) is 1.51. The van der Waals surface area contributed by atoms with Crippen molar-refractivity contribution in [1.82, 2.24) is 0 Å². The molecule has 1 aliphatic rings. The minimum absolute atomic E-state index is 0.141. The highest BCUT2D eigenvalue weighted by molar-refractivity contribution is 5.99. The van der Waals surface area contributed by atoms with Crippen LogP contribution in [0, 0.1) is 0 Å². The van der Waals surface area contributed by atoms with E-state index in [9.17, 15) is 14.4 Å². The van der Waals surface area contributed by atoms with Gasteiger partial charge in [-0.25, -0.2) is 4.79 Å². The third-order valence-electron chi connectivity index (χ3n) is 4.48. The summed E-state index contributed by atoms with van der Waals surface area (Å²) >= 11 is 0. The Balaban J connectivity index is 1.45. The van der Waals surface area contributed by atoms with Gasteiger partial charge in [0.1, 0.15) is 23.7 Å². The predicted octanol–water partition coefficient (Wildman–Crippen LogP) is 2.63. The lowest BCUT2D eigenvalue weighted by Crippen LogP contribution is -2.38. The van der Waals surface area contributed by atoms with Crippen molar-refractivity contribution in [1.29, 1.82) is 0 Å². The molecular weight excluding hydrogens is 378 g/mol. The Kier molecular flexibility index (Phi) is 4.90. The summed E-state index contributed by atoms with van der Waals surface area (Å²) in [6.07, 6.45) is -1.24. The second-order valence-corrected chi connectivity index (χ2v) is 6.41. The number of hydrogen-bond acceptors (Lipinski definition) is 7. The van der Waals surface area contributed by atoms with Crippen LogP contribution < -0.4 is 20.4 Å². The number of ether oxygens (including phenoxy) is 3. The van der Waals surface area contributed by atoms with E-state index in [-0.39, 0.29) is 13.0 Å². The summed E-state index contributed by atoms with van der Waals surface area (Å²) in [4.78, 5) is 36.2. The largest absolute Gasteiger partial charge is 0.497 e. The number of rotatable bonds is 5. The topological polar surface area (TPSA) is 104 Å². The quantitative estimate of drug-likeness (QED) is 0.523. The average molecular weight is 395 g/mol. The first-order valence-corrected chi connectivity index (χ1v) is 8.86. The second kappa shape index (κ2) is 7.67. The van der Waals surface area contributed by atoms with Gasteiger partial charge in [0.2, 0.25) is 0 Å². The minimum atomic E-state index is -0.987. The zero-order chi connectivity index (χ0) is 20.4. The van der Waals surface area contributed by atoms with E-state index in [2.05, 4.69) is 5.32 Å². The van der Waals surface area contributed by atoms with E-state index in [0.717, 1.165) is 0 Å². The predicted molar refractivity (Wildman–Crippen MR) is 103 cm³/mol. The van der Waals surface area contributed by atoms with Gasteiger partial charge in [0.15, 0.2) is 6.10 Å². The van der Waals surface area contributed by atoms with Gasteiger partial charge in [-0.15, -0.1) is 0 Å². The fourth-order valence-electron chi connectivity index (χ4n) is 3.05. The van der Waals surface area contributed by atoms with Crippen LogP contribution in [0.15, 0.2) is 57.7 Å². The molecule has 4 rings (SSSR count). The second-order valence-electron chi connectivity index (χ2n) is 6.41. The molecule has 1 aromatic heterocycles. The standard InChI is InChI=1S/C21H17NO7/c1-26-13-6-7-14-12(8-20(24)29-17(14)9-13)11-27-19(23)10-18-21(25)22-15-4-2-3-5-16(15)28-18/h2-9,18H,10-11H2,1H3,(H,22,25)/t18-/m1/s1. The van der Waals surface area contributed by atoms with Crippen molar-refractivity contribution < 1.29 is 28.2 Å². The molecule has 0 fully saturated rings. The lowest BCUT2D eigenvalue weighted by Gasteiger charge is -2.25. The highest BCUT2D eigenvalue weighted by Gasteiger charge is 2.30. The normalized spacial score (nSPS) is 15.2. The molecule has 1 amide bonds. The zero-order valence-electron chi connectivity index (χ0n) is 15.5. The summed E-state index contributed by atoms with van der Waals surface area (Å²) in [5.74, 6) is -0.0148. The van der Waals surface area contributed by atoms with E-state index in [4.69, 9.17) is 18.6 Å². The van der Waals surface area contributed by atoms with E-state index < -0.39 is 23.6 Å². The van der Waals surface area contributed by atoms with E-state index in [1.165, 1.54) is 13.2 Å². The van der Waals surface area contributed by atoms with Crippen molar-refractivity contribution in [2.45, 2.75) is 19.1 Å². The zero-order valence-corrected chi connectivity index (χ0v) is 15.5. The molecular formula is C21H17NO7. The van der Waals surface area contributed by atoms with Gasteiger partial charge < -0.3 is 23.9 Å². The van der Waals surface area contributed by atoms with E-state index in [1.54, 1.807) is 42.5 Å². The molecule has 29 heavy (non-hydrogen) atoms. The summed E-state index contributed by atoms with van der Waals surface area (Å²) in [6, 6.07) is 13.2. The Hall–Kier alpha value is -3.81. The summed E-state index contributed by atoms with van der Waals surface area (Å²) in [6.45, 7) is -0.141. The molecule has 1 atom stereocenters. The molecule has 2 heterocycles. The first-order valence-electron chi connectivity index (χ1n) is 8.86.